The Kier molecular flexibility index (Phi) is 4.87. The van der Waals surface area contributed by atoms with Gasteiger partial charge in [0.1, 0.15) is 6.54 Å². The van der Waals surface area contributed by atoms with Gasteiger partial charge in [-0.1, -0.05) is 30.3 Å². The van der Waals surface area contributed by atoms with Crippen LogP contribution in [-0.4, -0.2) is 26.8 Å². The lowest BCUT2D eigenvalue weighted by atomic mass is 10.1. The van der Waals surface area contributed by atoms with Crippen LogP contribution in [0.4, 0.5) is 13.2 Å². The highest BCUT2D eigenvalue weighted by Gasteiger charge is 2.38. The molecule has 0 aliphatic rings. The summed E-state index contributed by atoms with van der Waals surface area (Å²) in [6.07, 6.45) is -4.17. The van der Waals surface area contributed by atoms with Gasteiger partial charge in [0.05, 0.1) is 0 Å². The molecule has 6 nitrogen and oxygen atoms in total. The molecule has 0 saturated heterocycles. The molecule has 2 aromatic rings. The van der Waals surface area contributed by atoms with Gasteiger partial charge in [-0.25, -0.2) is 9.48 Å². The van der Waals surface area contributed by atoms with Gasteiger partial charge in [-0.3, -0.25) is 9.36 Å². The van der Waals surface area contributed by atoms with E-state index in [1.807, 2.05) is 30.3 Å². The Morgan fingerprint density at radius 2 is 1.91 bits per heavy atom. The molecule has 9 heteroatoms. The van der Waals surface area contributed by atoms with E-state index in [1.54, 1.807) is 0 Å². The highest BCUT2D eigenvalue weighted by atomic mass is 19.4. The number of carbonyl (C=O) groups is 1. The minimum Gasteiger partial charge on any atom is -0.354 e. The van der Waals surface area contributed by atoms with E-state index >= 15 is 0 Å². The average Bonchev–Trinajstić information content (AvgIpc) is 2.77. The molecule has 0 unspecified atom stereocenters. The van der Waals surface area contributed by atoms with Gasteiger partial charge < -0.3 is 5.32 Å². The predicted molar refractivity (Wildman–Crippen MR) is 75.6 cm³/mol. The summed E-state index contributed by atoms with van der Waals surface area (Å²) in [5, 5.41) is 5.71. The van der Waals surface area contributed by atoms with Gasteiger partial charge in [-0.15, -0.1) is 5.10 Å². The van der Waals surface area contributed by atoms with Crippen LogP contribution in [-0.2, 0) is 31.0 Å². The van der Waals surface area contributed by atoms with Crippen molar-refractivity contribution in [1.29, 1.82) is 0 Å². The molecule has 1 N–H and O–H groups in total. The quantitative estimate of drug-likeness (QED) is 0.889. The molecule has 23 heavy (non-hydrogen) atoms. The molecule has 0 spiro atoms. The van der Waals surface area contributed by atoms with Crippen molar-refractivity contribution in [2.45, 2.75) is 19.1 Å². The third kappa shape index (κ3) is 4.21. The molecule has 0 aliphatic carbocycles. The Labute approximate surface area is 129 Å². The highest BCUT2D eigenvalue weighted by Crippen LogP contribution is 2.25. The van der Waals surface area contributed by atoms with Crippen molar-refractivity contribution in [3.8, 4) is 0 Å². The topological polar surface area (TPSA) is 68.9 Å². The summed E-state index contributed by atoms with van der Waals surface area (Å²) in [5.41, 5.74) is 0.0256. The summed E-state index contributed by atoms with van der Waals surface area (Å²) in [5.74, 6) is -1.91. The first-order valence-electron chi connectivity index (χ1n) is 6.80. The van der Waals surface area contributed by atoms with Crippen LogP contribution in [0.2, 0.25) is 0 Å². The third-order valence-electron chi connectivity index (χ3n) is 3.17. The number of nitrogens with zero attached hydrogens (tertiary/aromatic N) is 3. The van der Waals surface area contributed by atoms with Crippen LogP contribution < -0.4 is 11.0 Å². The third-order valence-corrected chi connectivity index (χ3v) is 3.17. The van der Waals surface area contributed by atoms with Crippen molar-refractivity contribution in [3.63, 3.8) is 0 Å². The summed E-state index contributed by atoms with van der Waals surface area (Å²) < 4.78 is 38.8. The molecule has 2 rings (SSSR count). The lowest BCUT2D eigenvalue weighted by Crippen LogP contribution is -2.34. The summed E-state index contributed by atoms with van der Waals surface area (Å²) in [6.45, 7) is -0.242. The van der Waals surface area contributed by atoms with E-state index in [0.717, 1.165) is 12.6 Å². The second-order valence-electron chi connectivity index (χ2n) is 4.91. The van der Waals surface area contributed by atoms with E-state index in [4.69, 9.17) is 0 Å². The van der Waals surface area contributed by atoms with Crippen LogP contribution in [0.1, 0.15) is 11.4 Å². The molecular weight excluding hydrogens is 313 g/mol. The van der Waals surface area contributed by atoms with Crippen LogP contribution in [0.15, 0.2) is 35.1 Å². The van der Waals surface area contributed by atoms with Crippen LogP contribution in [0.25, 0.3) is 0 Å². The second kappa shape index (κ2) is 6.67. The predicted octanol–water partition coefficient (Wildman–Crippen LogP) is 0.960. The molecule has 1 heterocycles. The van der Waals surface area contributed by atoms with E-state index in [1.165, 1.54) is 0 Å². The minimum atomic E-state index is -4.75. The lowest BCUT2D eigenvalue weighted by molar-refractivity contribution is -0.147. The standard InChI is InChI=1S/C14H15F3N4O2/c1-20-12(14(15,16)17)19-21(13(20)23)9-11(22)18-8-7-10-5-3-2-4-6-10/h2-6H,7-9H2,1H3,(H,18,22). The molecular formula is C14H15F3N4O2. The molecule has 0 aliphatic heterocycles. The summed E-state index contributed by atoms with van der Waals surface area (Å²) in [6, 6.07) is 9.39. The maximum Gasteiger partial charge on any atom is 0.451 e. The van der Waals surface area contributed by atoms with E-state index in [2.05, 4.69) is 10.4 Å². The molecule has 1 amide bonds. The number of halogens is 3. The fourth-order valence-electron chi connectivity index (χ4n) is 2.02. The SMILES string of the molecule is Cn1c(C(F)(F)F)nn(CC(=O)NCCc2ccccc2)c1=O. The number of hydrogen-bond donors (Lipinski definition) is 1. The molecule has 1 aromatic carbocycles. The zero-order valence-corrected chi connectivity index (χ0v) is 12.3. The van der Waals surface area contributed by atoms with Crippen molar-refractivity contribution in [3.05, 3.63) is 52.2 Å². The molecule has 0 saturated carbocycles. The van der Waals surface area contributed by atoms with Gasteiger partial charge in [0.25, 0.3) is 0 Å². The number of rotatable bonds is 5. The molecule has 0 fully saturated rings. The minimum absolute atomic E-state index is 0.316. The van der Waals surface area contributed by atoms with Crippen LogP contribution >= 0.6 is 0 Å². The number of nitrogens with one attached hydrogen (secondary N) is 1. The van der Waals surface area contributed by atoms with Crippen LogP contribution in [0, 0.1) is 0 Å². The summed E-state index contributed by atoms with van der Waals surface area (Å²) >= 11 is 0. The first-order chi connectivity index (χ1) is 10.8. The fourth-order valence-corrected chi connectivity index (χ4v) is 2.02. The number of hydrogen-bond acceptors (Lipinski definition) is 3. The van der Waals surface area contributed by atoms with Crippen LogP contribution in [0.3, 0.4) is 0 Å². The summed E-state index contributed by atoms with van der Waals surface area (Å²) in [4.78, 5) is 23.4. The number of carbonyl (C=O) groups excluding carboxylic acids is 1. The monoisotopic (exact) mass is 328 g/mol. The smallest absolute Gasteiger partial charge is 0.354 e. The van der Waals surface area contributed by atoms with Gasteiger partial charge in [-0.2, -0.15) is 13.2 Å². The van der Waals surface area contributed by atoms with Crippen molar-refractivity contribution in [2.75, 3.05) is 6.54 Å². The Hall–Kier alpha value is -2.58. The number of alkyl halides is 3. The second-order valence-corrected chi connectivity index (χ2v) is 4.91. The van der Waals surface area contributed by atoms with Crippen LogP contribution in [0.5, 0.6) is 0 Å². The number of benzene rings is 1. The van der Waals surface area contributed by atoms with E-state index in [0.29, 0.717) is 22.2 Å². The maximum absolute atomic E-state index is 12.6. The Bertz CT molecular complexity index is 735. The highest BCUT2D eigenvalue weighted by molar-refractivity contribution is 5.75. The number of amides is 1. The molecule has 0 radical (unpaired) electrons. The van der Waals surface area contributed by atoms with Crippen molar-refractivity contribution >= 4 is 5.91 Å². The van der Waals surface area contributed by atoms with Gasteiger partial charge in [0, 0.05) is 13.6 Å². The molecule has 0 bridgehead atoms. The maximum atomic E-state index is 12.6. The molecule has 124 valence electrons. The van der Waals surface area contributed by atoms with Gasteiger partial charge in [0.2, 0.25) is 11.7 Å². The average molecular weight is 328 g/mol. The van der Waals surface area contributed by atoms with E-state index in [9.17, 15) is 22.8 Å². The van der Waals surface area contributed by atoms with Gasteiger partial charge in [-0.05, 0) is 12.0 Å². The first kappa shape index (κ1) is 16.8. The first-order valence-corrected chi connectivity index (χ1v) is 6.80. The van der Waals surface area contributed by atoms with E-state index < -0.39 is 30.1 Å². The zero-order valence-electron chi connectivity index (χ0n) is 12.3. The Balaban J connectivity index is 1.94. The van der Waals surface area contributed by atoms with Gasteiger partial charge >= 0.3 is 11.9 Å². The Morgan fingerprint density at radius 3 is 2.48 bits per heavy atom. The van der Waals surface area contributed by atoms with E-state index in [-0.39, 0.29) is 0 Å². The molecule has 1 aromatic heterocycles. The van der Waals surface area contributed by atoms with Crippen molar-refractivity contribution < 1.29 is 18.0 Å². The number of aromatic nitrogens is 3. The van der Waals surface area contributed by atoms with Crippen molar-refractivity contribution in [1.82, 2.24) is 19.7 Å². The van der Waals surface area contributed by atoms with Gasteiger partial charge in [0.15, 0.2) is 0 Å². The normalized spacial score (nSPS) is 11.5. The molecule has 0 atom stereocenters. The zero-order chi connectivity index (χ0) is 17.0. The fraction of sp³-hybridized carbons (Fsp3) is 0.357. The van der Waals surface area contributed by atoms with Crippen molar-refractivity contribution in [2.24, 2.45) is 7.05 Å². The Morgan fingerprint density at radius 1 is 1.26 bits per heavy atom. The summed E-state index contributed by atoms with van der Waals surface area (Å²) in [7, 11) is 0.960. The lowest BCUT2D eigenvalue weighted by Gasteiger charge is -2.05. The largest absolute Gasteiger partial charge is 0.451 e.